The Morgan fingerprint density at radius 3 is 2.29 bits per heavy atom. The second-order valence-electron chi connectivity index (χ2n) is 3.28. The zero-order valence-corrected chi connectivity index (χ0v) is 11.0. The van der Waals surface area contributed by atoms with E-state index in [2.05, 4.69) is 20.9 Å². The minimum atomic E-state index is -4.48. The van der Waals surface area contributed by atoms with Gasteiger partial charge in [-0.3, -0.25) is 0 Å². The highest BCUT2D eigenvalue weighted by Gasteiger charge is 2.33. The van der Waals surface area contributed by atoms with E-state index in [0.29, 0.717) is 0 Å². The Kier molecular flexibility index (Phi) is 3.27. The number of rotatable bonds is 0. The van der Waals surface area contributed by atoms with E-state index in [9.17, 15) is 13.2 Å². The van der Waals surface area contributed by atoms with Crippen molar-refractivity contribution in [1.82, 2.24) is 4.98 Å². The minimum absolute atomic E-state index is 0.0562. The molecule has 0 bridgehead atoms. The van der Waals surface area contributed by atoms with E-state index in [4.69, 9.17) is 23.2 Å². The molecular weight excluding hydrogens is 342 g/mol. The molecule has 0 unspecified atom stereocenters. The highest BCUT2D eigenvalue weighted by Crippen LogP contribution is 2.39. The predicted molar refractivity (Wildman–Crippen MR) is 64.5 cm³/mol. The van der Waals surface area contributed by atoms with Crippen LogP contribution in [0.25, 0.3) is 10.8 Å². The highest BCUT2D eigenvalue weighted by molar-refractivity contribution is 9.10. The van der Waals surface area contributed by atoms with Crippen molar-refractivity contribution in [2.24, 2.45) is 0 Å². The Labute approximate surface area is 113 Å². The molecule has 7 heteroatoms. The molecule has 0 N–H and O–H groups in total. The molecule has 0 amide bonds. The van der Waals surface area contributed by atoms with Crippen LogP contribution >= 0.6 is 39.1 Å². The van der Waals surface area contributed by atoms with Gasteiger partial charge >= 0.3 is 6.18 Å². The lowest BCUT2D eigenvalue weighted by Crippen LogP contribution is -2.06. The van der Waals surface area contributed by atoms with Crippen molar-refractivity contribution in [2.45, 2.75) is 6.18 Å². The number of pyridine rings is 1. The molecule has 1 aromatic heterocycles. The van der Waals surface area contributed by atoms with Gasteiger partial charge in [0, 0.05) is 15.2 Å². The fourth-order valence-corrected chi connectivity index (χ4v) is 2.43. The van der Waals surface area contributed by atoms with E-state index in [1.165, 1.54) is 6.07 Å². The summed E-state index contributed by atoms with van der Waals surface area (Å²) < 4.78 is 38.8. The molecule has 0 atom stereocenters. The van der Waals surface area contributed by atoms with Crippen molar-refractivity contribution < 1.29 is 13.2 Å². The summed E-state index contributed by atoms with van der Waals surface area (Å²) in [7, 11) is 0. The summed E-state index contributed by atoms with van der Waals surface area (Å²) >= 11 is 14.4. The largest absolute Gasteiger partial charge is 0.417 e. The molecule has 0 saturated carbocycles. The fraction of sp³-hybridized carbons (Fsp3) is 0.100. The maximum absolute atomic E-state index is 12.8. The van der Waals surface area contributed by atoms with Crippen LogP contribution in [0.4, 0.5) is 13.2 Å². The SMILES string of the molecule is FC(F)(F)c1cc(Br)cc2c(Cl)nc(Cl)cc12. The summed E-state index contributed by atoms with van der Waals surface area (Å²) in [6.45, 7) is 0. The van der Waals surface area contributed by atoms with Crippen molar-refractivity contribution in [3.63, 3.8) is 0 Å². The van der Waals surface area contributed by atoms with E-state index in [1.54, 1.807) is 0 Å². The average molecular weight is 345 g/mol. The van der Waals surface area contributed by atoms with Gasteiger partial charge in [0.2, 0.25) is 0 Å². The van der Waals surface area contributed by atoms with Gasteiger partial charge in [-0.1, -0.05) is 39.1 Å². The highest BCUT2D eigenvalue weighted by atomic mass is 79.9. The number of hydrogen-bond donors (Lipinski definition) is 0. The summed E-state index contributed by atoms with van der Waals surface area (Å²) in [6, 6.07) is 3.60. The molecule has 0 spiro atoms. The molecule has 17 heavy (non-hydrogen) atoms. The maximum Gasteiger partial charge on any atom is 0.417 e. The Morgan fingerprint density at radius 1 is 1.06 bits per heavy atom. The zero-order valence-electron chi connectivity index (χ0n) is 7.95. The van der Waals surface area contributed by atoms with Crippen molar-refractivity contribution in [1.29, 1.82) is 0 Å². The Balaban J connectivity index is 2.93. The molecule has 1 nitrogen and oxygen atoms in total. The number of benzene rings is 1. The number of alkyl halides is 3. The molecule has 0 aliphatic rings. The lowest BCUT2D eigenvalue weighted by molar-refractivity contribution is -0.136. The van der Waals surface area contributed by atoms with Gasteiger partial charge in [-0.15, -0.1) is 0 Å². The summed E-state index contributed by atoms with van der Waals surface area (Å²) in [5.74, 6) is 0. The van der Waals surface area contributed by atoms with Gasteiger partial charge < -0.3 is 0 Å². The van der Waals surface area contributed by atoms with Gasteiger partial charge in [0.15, 0.2) is 0 Å². The van der Waals surface area contributed by atoms with Crippen LogP contribution in [0.5, 0.6) is 0 Å². The summed E-state index contributed by atoms with van der Waals surface area (Å²) in [6.07, 6.45) is -4.48. The van der Waals surface area contributed by atoms with Crippen LogP contribution < -0.4 is 0 Å². The third-order valence-corrected chi connectivity index (χ3v) is 3.08. The van der Waals surface area contributed by atoms with Crippen LogP contribution in [0, 0.1) is 0 Å². The third-order valence-electron chi connectivity index (χ3n) is 2.14. The number of hydrogen-bond acceptors (Lipinski definition) is 1. The Bertz CT molecular complexity index is 598. The van der Waals surface area contributed by atoms with Crippen LogP contribution in [-0.4, -0.2) is 4.98 Å². The van der Waals surface area contributed by atoms with Crippen molar-refractivity contribution >= 4 is 49.9 Å². The molecule has 1 heterocycles. The number of halogens is 6. The Hall–Kier alpha value is -0.520. The van der Waals surface area contributed by atoms with E-state index in [1.807, 2.05) is 0 Å². The monoisotopic (exact) mass is 343 g/mol. The molecule has 0 aliphatic heterocycles. The first-order valence-electron chi connectivity index (χ1n) is 4.31. The molecule has 2 rings (SSSR count). The van der Waals surface area contributed by atoms with E-state index >= 15 is 0 Å². The maximum atomic E-state index is 12.8. The van der Waals surface area contributed by atoms with Gasteiger partial charge in [0.1, 0.15) is 10.3 Å². The van der Waals surface area contributed by atoms with Crippen molar-refractivity contribution in [2.75, 3.05) is 0 Å². The Morgan fingerprint density at radius 2 is 1.71 bits per heavy atom. The molecule has 1 aromatic carbocycles. The molecule has 0 aliphatic carbocycles. The lowest BCUT2D eigenvalue weighted by atomic mass is 10.1. The van der Waals surface area contributed by atoms with Gasteiger partial charge in [-0.25, -0.2) is 4.98 Å². The number of nitrogens with zero attached hydrogens (tertiary/aromatic N) is 1. The van der Waals surface area contributed by atoms with Crippen LogP contribution in [-0.2, 0) is 6.18 Å². The third kappa shape index (κ3) is 2.51. The van der Waals surface area contributed by atoms with E-state index < -0.39 is 11.7 Å². The lowest BCUT2D eigenvalue weighted by Gasteiger charge is -2.12. The second-order valence-corrected chi connectivity index (χ2v) is 4.94. The molecule has 0 radical (unpaired) electrons. The zero-order chi connectivity index (χ0) is 12.8. The molecular formula is C10H3BrCl2F3N. The predicted octanol–water partition coefficient (Wildman–Crippen LogP) is 5.32. The summed E-state index contributed by atoms with van der Waals surface area (Å²) in [5, 5.41) is 0.0121. The molecule has 90 valence electrons. The first kappa shape index (κ1) is 12.9. The average Bonchev–Trinajstić information content (AvgIpc) is 2.16. The van der Waals surface area contributed by atoms with Crippen molar-refractivity contribution in [3.8, 4) is 0 Å². The summed E-state index contributed by atoms with van der Waals surface area (Å²) in [4.78, 5) is 3.71. The number of aromatic nitrogens is 1. The van der Waals surface area contributed by atoms with Crippen LogP contribution in [0.15, 0.2) is 22.7 Å². The van der Waals surface area contributed by atoms with E-state index in [0.717, 1.165) is 12.1 Å². The van der Waals surface area contributed by atoms with Gasteiger partial charge in [-0.2, -0.15) is 13.2 Å². The quantitative estimate of drug-likeness (QED) is 0.589. The standard InChI is InChI=1S/C10H3BrCl2F3N/c11-4-1-6-5(3-8(12)17-9(6)13)7(2-4)10(14,15)16/h1-3H. The topological polar surface area (TPSA) is 12.9 Å². The van der Waals surface area contributed by atoms with Crippen LogP contribution in [0.2, 0.25) is 10.3 Å². The van der Waals surface area contributed by atoms with Crippen molar-refractivity contribution in [3.05, 3.63) is 38.5 Å². The van der Waals surface area contributed by atoms with Gasteiger partial charge in [0.25, 0.3) is 0 Å². The minimum Gasteiger partial charge on any atom is -0.224 e. The smallest absolute Gasteiger partial charge is 0.224 e. The first-order valence-corrected chi connectivity index (χ1v) is 5.86. The van der Waals surface area contributed by atoms with Crippen LogP contribution in [0.1, 0.15) is 5.56 Å². The first-order chi connectivity index (χ1) is 7.79. The molecule has 2 aromatic rings. The molecule has 0 fully saturated rings. The number of fused-ring (bicyclic) bond motifs is 1. The normalized spacial score (nSPS) is 12.1. The van der Waals surface area contributed by atoms with Gasteiger partial charge in [0.05, 0.1) is 5.56 Å². The summed E-state index contributed by atoms with van der Waals surface area (Å²) in [5.41, 5.74) is -0.798. The van der Waals surface area contributed by atoms with E-state index in [-0.39, 0.29) is 25.6 Å². The second kappa shape index (κ2) is 4.30. The van der Waals surface area contributed by atoms with Gasteiger partial charge in [-0.05, 0) is 18.2 Å². The molecule has 0 saturated heterocycles. The van der Waals surface area contributed by atoms with Crippen LogP contribution in [0.3, 0.4) is 0 Å². The fourth-order valence-electron chi connectivity index (χ4n) is 1.48.